The number of imidazole rings is 1. The summed E-state index contributed by atoms with van der Waals surface area (Å²) in [5, 5.41) is 6.88. The molecule has 0 bridgehead atoms. The molecule has 1 aromatic carbocycles. The van der Waals surface area contributed by atoms with E-state index in [2.05, 4.69) is 15.6 Å². The SMILES string of the molecule is Br.Br.CCC[C@H](N[C@H]1CCc2cc(F)cc(Cl)c2C1)C(=O)Nc1cn(C(C)(C)CC(=O)C(C)(C)C)cn1. The molecule has 1 heterocycles. The summed E-state index contributed by atoms with van der Waals surface area (Å²) in [6.45, 7) is 11.8. The average molecular weight is 667 g/mol. The number of halogens is 4. The summed E-state index contributed by atoms with van der Waals surface area (Å²) in [5.41, 5.74) is 1.03. The molecule has 1 aliphatic rings. The zero-order valence-corrected chi connectivity index (χ0v) is 26.7. The van der Waals surface area contributed by atoms with Crippen molar-refractivity contribution in [1.82, 2.24) is 14.9 Å². The fourth-order valence-electron chi connectivity index (χ4n) is 4.47. The van der Waals surface area contributed by atoms with E-state index in [0.29, 0.717) is 30.1 Å². The fourth-order valence-corrected chi connectivity index (χ4v) is 4.78. The van der Waals surface area contributed by atoms with Crippen LogP contribution in [0.2, 0.25) is 5.02 Å². The molecule has 2 atom stereocenters. The summed E-state index contributed by atoms with van der Waals surface area (Å²) in [7, 11) is 0. The summed E-state index contributed by atoms with van der Waals surface area (Å²) in [6.07, 6.45) is 7.52. The van der Waals surface area contributed by atoms with Gasteiger partial charge >= 0.3 is 0 Å². The molecule has 0 spiro atoms. The maximum absolute atomic E-state index is 13.7. The molecule has 1 aromatic heterocycles. The highest BCUT2D eigenvalue weighted by Crippen LogP contribution is 2.30. The standard InChI is InChI=1S/C27H38ClFN4O2.2BrH/c1-7-8-22(31-19-10-9-17-11-18(29)12-21(28)20(17)13-19)25(35)32-24-15-33(16-30-24)27(5,6)14-23(34)26(2,3)4;;/h11-12,15-16,19,22,31H,7-10,13-14H2,1-6H3,(H,32,35);2*1H/t19-,22-;;/m0../s1. The van der Waals surface area contributed by atoms with E-state index < -0.39 is 11.0 Å². The van der Waals surface area contributed by atoms with Crippen LogP contribution in [0, 0.1) is 11.2 Å². The molecule has 10 heteroatoms. The van der Waals surface area contributed by atoms with E-state index in [9.17, 15) is 14.0 Å². The minimum absolute atomic E-state index is 0. The molecule has 0 saturated carbocycles. The number of carbonyl (C=O) groups excluding carboxylic acids is 2. The predicted molar refractivity (Wildman–Crippen MR) is 159 cm³/mol. The van der Waals surface area contributed by atoms with Gasteiger partial charge in [-0.15, -0.1) is 34.0 Å². The Morgan fingerprint density at radius 1 is 1.22 bits per heavy atom. The number of nitrogens with one attached hydrogen (secondary N) is 2. The van der Waals surface area contributed by atoms with Crippen molar-refractivity contribution in [3.63, 3.8) is 0 Å². The van der Waals surface area contributed by atoms with E-state index >= 15 is 0 Å². The summed E-state index contributed by atoms with van der Waals surface area (Å²) in [6, 6.07) is 2.60. The Balaban J connectivity index is 0.00000342. The Labute approximate surface area is 246 Å². The molecule has 0 unspecified atom stereocenters. The largest absolute Gasteiger partial charge is 0.329 e. The van der Waals surface area contributed by atoms with E-state index in [-0.39, 0.29) is 63.6 Å². The normalized spacial score (nSPS) is 16.2. The number of ketones is 1. The van der Waals surface area contributed by atoms with Gasteiger partial charge in [-0.2, -0.15) is 0 Å². The van der Waals surface area contributed by atoms with Gasteiger partial charge in [-0.05, 0) is 62.8 Å². The van der Waals surface area contributed by atoms with Crippen molar-refractivity contribution < 1.29 is 14.0 Å². The molecule has 37 heavy (non-hydrogen) atoms. The minimum Gasteiger partial charge on any atom is -0.329 e. The highest BCUT2D eigenvalue weighted by Gasteiger charge is 2.31. The molecule has 0 aliphatic heterocycles. The van der Waals surface area contributed by atoms with Gasteiger partial charge in [0.1, 0.15) is 11.6 Å². The van der Waals surface area contributed by atoms with Crippen molar-refractivity contribution in [2.75, 3.05) is 5.32 Å². The lowest BCUT2D eigenvalue weighted by atomic mass is 9.83. The van der Waals surface area contributed by atoms with Gasteiger partial charge in [0.15, 0.2) is 5.82 Å². The lowest BCUT2D eigenvalue weighted by Gasteiger charge is -2.30. The van der Waals surface area contributed by atoms with E-state index in [0.717, 1.165) is 30.4 Å². The molecule has 0 radical (unpaired) electrons. The quantitative estimate of drug-likeness (QED) is 0.308. The fraction of sp³-hybridized carbons (Fsp3) is 0.593. The van der Waals surface area contributed by atoms with Crippen LogP contribution in [0.4, 0.5) is 10.2 Å². The Hall–Kier alpha value is -1.29. The van der Waals surface area contributed by atoms with Crippen LogP contribution < -0.4 is 10.6 Å². The van der Waals surface area contributed by atoms with Crippen molar-refractivity contribution in [3.05, 3.63) is 46.6 Å². The van der Waals surface area contributed by atoms with E-state index in [1.54, 1.807) is 18.6 Å². The second-order valence-corrected chi connectivity index (χ2v) is 11.7. The third kappa shape index (κ3) is 8.87. The summed E-state index contributed by atoms with van der Waals surface area (Å²) >= 11 is 6.30. The summed E-state index contributed by atoms with van der Waals surface area (Å²) < 4.78 is 15.6. The van der Waals surface area contributed by atoms with Crippen molar-refractivity contribution >= 4 is 63.1 Å². The average Bonchev–Trinajstić information content (AvgIpc) is 3.22. The van der Waals surface area contributed by atoms with Crippen LogP contribution >= 0.6 is 45.6 Å². The van der Waals surface area contributed by atoms with Crippen molar-refractivity contribution in [3.8, 4) is 0 Å². The molecule has 3 rings (SSSR count). The lowest BCUT2D eigenvalue weighted by molar-refractivity contribution is -0.128. The van der Waals surface area contributed by atoms with Gasteiger partial charge in [-0.1, -0.05) is 45.7 Å². The molecule has 6 nitrogen and oxygen atoms in total. The molecule has 2 N–H and O–H groups in total. The molecule has 2 aromatic rings. The number of hydrogen-bond donors (Lipinski definition) is 2. The lowest BCUT2D eigenvalue weighted by Crippen LogP contribution is -2.47. The molecule has 1 aliphatic carbocycles. The number of carbonyl (C=O) groups is 2. The zero-order chi connectivity index (χ0) is 26.0. The van der Waals surface area contributed by atoms with Crippen LogP contribution in [-0.2, 0) is 28.0 Å². The number of benzene rings is 1. The first-order valence-corrected chi connectivity index (χ1v) is 12.8. The maximum Gasteiger partial charge on any atom is 0.242 e. The first-order chi connectivity index (χ1) is 16.3. The van der Waals surface area contributed by atoms with Gasteiger partial charge < -0.3 is 15.2 Å². The Morgan fingerprint density at radius 3 is 2.51 bits per heavy atom. The van der Waals surface area contributed by atoms with Crippen LogP contribution in [0.1, 0.15) is 78.4 Å². The highest BCUT2D eigenvalue weighted by molar-refractivity contribution is 8.93. The van der Waals surface area contributed by atoms with E-state index in [1.165, 1.54) is 6.07 Å². The molecular formula is C27H40Br2ClFN4O2. The molecule has 1 amide bonds. The van der Waals surface area contributed by atoms with Gasteiger partial charge in [0.2, 0.25) is 5.91 Å². The zero-order valence-electron chi connectivity index (χ0n) is 22.5. The smallest absolute Gasteiger partial charge is 0.242 e. The number of rotatable bonds is 9. The van der Waals surface area contributed by atoms with Gasteiger partial charge in [-0.25, -0.2) is 9.37 Å². The summed E-state index contributed by atoms with van der Waals surface area (Å²) in [5.74, 6) is 0.179. The van der Waals surface area contributed by atoms with Crippen molar-refractivity contribution in [2.24, 2.45) is 5.41 Å². The van der Waals surface area contributed by atoms with Gasteiger partial charge in [0.05, 0.1) is 12.4 Å². The van der Waals surface area contributed by atoms with Crippen LogP contribution in [0.3, 0.4) is 0 Å². The number of nitrogens with zero attached hydrogens (tertiary/aromatic N) is 2. The van der Waals surface area contributed by atoms with Crippen LogP contribution in [-0.4, -0.2) is 33.3 Å². The second kappa shape index (κ2) is 13.7. The minimum atomic E-state index is -0.463. The molecular weight excluding hydrogens is 627 g/mol. The number of hydrogen-bond acceptors (Lipinski definition) is 4. The number of aryl methyl sites for hydroxylation is 1. The van der Waals surface area contributed by atoms with E-state index in [1.807, 2.05) is 46.1 Å². The third-order valence-corrected chi connectivity index (χ3v) is 7.10. The highest BCUT2D eigenvalue weighted by atomic mass is 79.9. The number of fused-ring (bicyclic) bond motifs is 1. The van der Waals surface area contributed by atoms with Crippen LogP contribution in [0.15, 0.2) is 24.7 Å². The molecule has 0 saturated heterocycles. The van der Waals surface area contributed by atoms with Crippen molar-refractivity contribution in [2.45, 2.75) is 97.7 Å². The van der Waals surface area contributed by atoms with Gasteiger partial charge in [-0.3, -0.25) is 9.59 Å². The number of Topliss-reactive ketones (excluding diaryl/α,β-unsaturated/α-hetero) is 1. The summed E-state index contributed by atoms with van der Waals surface area (Å²) in [4.78, 5) is 30.1. The monoisotopic (exact) mass is 664 g/mol. The Morgan fingerprint density at radius 2 is 1.89 bits per heavy atom. The number of amides is 1. The molecule has 208 valence electrons. The third-order valence-electron chi connectivity index (χ3n) is 6.76. The molecule has 0 fully saturated rings. The number of aromatic nitrogens is 2. The first kappa shape index (κ1) is 33.7. The topological polar surface area (TPSA) is 76.0 Å². The Kier molecular flexibility index (Phi) is 12.5. The predicted octanol–water partition coefficient (Wildman–Crippen LogP) is 6.83. The van der Waals surface area contributed by atoms with Gasteiger partial charge in [0.25, 0.3) is 0 Å². The van der Waals surface area contributed by atoms with Crippen molar-refractivity contribution in [1.29, 1.82) is 0 Å². The van der Waals surface area contributed by atoms with Crippen LogP contribution in [0.5, 0.6) is 0 Å². The van der Waals surface area contributed by atoms with E-state index in [4.69, 9.17) is 11.6 Å². The maximum atomic E-state index is 13.7. The van der Waals surface area contributed by atoms with Gasteiger partial charge in [0, 0.05) is 34.6 Å². The van der Waals surface area contributed by atoms with Crippen LogP contribution in [0.25, 0.3) is 0 Å². The number of anilines is 1. The first-order valence-electron chi connectivity index (χ1n) is 12.4. The second-order valence-electron chi connectivity index (χ2n) is 11.3. The Bertz CT molecular complexity index is 1080.